The lowest BCUT2D eigenvalue weighted by Gasteiger charge is -2.23. The highest BCUT2D eigenvalue weighted by Gasteiger charge is 2.23. The summed E-state index contributed by atoms with van der Waals surface area (Å²) in [6.45, 7) is 1.90. The van der Waals surface area contributed by atoms with Crippen LogP contribution in [0.25, 0.3) is 10.9 Å². The van der Waals surface area contributed by atoms with Gasteiger partial charge in [-0.3, -0.25) is 4.79 Å². The number of carbonyl (C=O) groups excluding carboxylic acids is 1. The van der Waals surface area contributed by atoms with E-state index in [9.17, 15) is 4.79 Å². The molecule has 1 aliphatic heterocycles. The first kappa shape index (κ1) is 11.3. The molecule has 1 amide bonds. The van der Waals surface area contributed by atoms with Crippen molar-refractivity contribution in [1.29, 1.82) is 0 Å². The summed E-state index contributed by atoms with van der Waals surface area (Å²) in [5.41, 5.74) is 1.83. The summed E-state index contributed by atoms with van der Waals surface area (Å²) in [5.74, 6) is 0.104. The fraction of sp³-hybridized carbons (Fsp3) is 0.357. The van der Waals surface area contributed by atoms with Crippen LogP contribution in [0.1, 0.15) is 16.8 Å². The molecule has 2 aromatic rings. The summed E-state index contributed by atoms with van der Waals surface area (Å²) >= 11 is 0. The first-order valence-corrected chi connectivity index (χ1v) is 6.31. The number of nitrogens with zero attached hydrogens (tertiary/aromatic N) is 1. The van der Waals surface area contributed by atoms with Gasteiger partial charge in [0.25, 0.3) is 5.91 Å². The van der Waals surface area contributed by atoms with E-state index in [0.717, 1.165) is 36.0 Å². The van der Waals surface area contributed by atoms with E-state index >= 15 is 0 Å². The van der Waals surface area contributed by atoms with E-state index < -0.39 is 0 Å². The number of amides is 1. The Kier molecular flexibility index (Phi) is 2.80. The van der Waals surface area contributed by atoms with E-state index in [2.05, 4.69) is 10.3 Å². The molecule has 1 fully saturated rings. The third kappa shape index (κ3) is 1.88. The maximum Gasteiger partial charge on any atom is 0.253 e. The van der Waals surface area contributed by atoms with Crippen LogP contribution in [0.2, 0.25) is 0 Å². The Morgan fingerprint density at radius 3 is 3.06 bits per heavy atom. The molecule has 0 bridgehead atoms. The minimum Gasteiger partial charge on any atom is -0.361 e. The molecule has 94 valence electrons. The summed E-state index contributed by atoms with van der Waals surface area (Å²) in [5, 5.41) is 4.37. The summed E-state index contributed by atoms with van der Waals surface area (Å²) in [6, 6.07) is 8.11. The summed E-state index contributed by atoms with van der Waals surface area (Å²) in [6.07, 6.45) is 2.93. The Bertz CT molecular complexity index is 569. The average Bonchev–Trinajstić information content (AvgIpc) is 3.06. The smallest absolute Gasteiger partial charge is 0.253 e. The Balaban J connectivity index is 1.86. The zero-order chi connectivity index (χ0) is 12.5. The van der Waals surface area contributed by atoms with Gasteiger partial charge in [0.05, 0.1) is 0 Å². The highest BCUT2D eigenvalue weighted by molar-refractivity contribution is 5.98. The fourth-order valence-corrected chi connectivity index (χ4v) is 2.53. The first-order valence-electron chi connectivity index (χ1n) is 6.31. The average molecular weight is 243 g/mol. The third-order valence-electron chi connectivity index (χ3n) is 3.70. The topological polar surface area (TPSA) is 48.1 Å². The second-order valence-electron chi connectivity index (χ2n) is 4.84. The third-order valence-corrected chi connectivity index (χ3v) is 3.70. The number of nitrogens with one attached hydrogen (secondary N) is 2. The highest BCUT2D eigenvalue weighted by atomic mass is 16.2. The molecule has 2 heterocycles. The predicted octanol–water partition coefficient (Wildman–Crippen LogP) is 1.60. The van der Waals surface area contributed by atoms with Crippen LogP contribution in [0.4, 0.5) is 0 Å². The number of H-pyrrole nitrogens is 1. The van der Waals surface area contributed by atoms with Gasteiger partial charge >= 0.3 is 0 Å². The van der Waals surface area contributed by atoms with E-state index in [4.69, 9.17) is 0 Å². The van der Waals surface area contributed by atoms with Crippen molar-refractivity contribution in [2.24, 2.45) is 0 Å². The highest BCUT2D eigenvalue weighted by Crippen LogP contribution is 2.17. The van der Waals surface area contributed by atoms with Crippen molar-refractivity contribution in [3.8, 4) is 0 Å². The van der Waals surface area contributed by atoms with Crippen molar-refractivity contribution in [2.45, 2.75) is 12.5 Å². The molecule has 1 atom stereocenters. The maximum absolute atomic E-state index is 12.4. The lowest BCUT2D eigenvalue weighted by Crippen LogP contribution is -2.38. The fourth-order valence-electron chi connectivity index (χ4n) is 2.53. The molecule has 0 aliphatic carbocycles. The first-order chi connectivity index (χ1) is 8.75. The van der Waals surface area contributed by atoms with Crippen LogP contribution in [0.3, 0.4) is 0 Å². The van der Waals surface area contributed by atoms with Crippen LogP contribution in [0.5, 0.6) is 0 Å². The van der Waals surface area contributed by atoms with Gasteiger partial charge in [0, 0.05) is 42.3 Å². The molecule has 2 N–H and O–H groups in total. The van der Waals surface area contributed by atoms with Gasteiger partial charge in [0.1, 0.15) is 0 Å². The van der Waals surface area contributed by atoms with Crippen LogP contribution < -0.4 is 5.32 Å². The van der Waals surface area contributed by atoms with Crippen molar-refractivity contribution in [1.82, 2.24) is 15.2 Å². The normalized spacial score (nSPS) is 19.3. The Hall–Kier alpha value is -1.81. The lowest BCUT2D eigenvalue weighted by molar-refractivity contribution is 0.0744. The van der Waals surface area contributed by atoms with Gasteiger partial charge in [-0.2, -0.15) is 0 Å². The molecule has 4 nitrogen and oxygen atoms in total. The molecule has 1 saturated heterocycles. The molecular weight excluding hydrogens is 226 g/mol. The predicted molar refractivity (Wildman–Crippen MR) is 71.7 cm³/mol. The van der Waals surface area contributed by atoms with Gasteiger partial charge in [-0.15, -0.1) is 0 Å². The van der Waals surface area contributed by atoms with E-state index in [1.165, 1.54) is 0 Å². The number of carbonyl (C=O) groups is 1. The van der Waals surface area contributed by atoms with Crippen molar-refractivity contribution >= 4 is 16.8 Å². The minimum atomic E-state index is 0.104. The van der Waals surface area contributed by atoms with Crippen LogP contribution >= 0.6 is 0 Å². The molecule has 0 spiro atoms. The number of hydrogen-bond acceptors (Lipinski definition) is 2. The summed E-state index contributed by atoms with van der Waals surface area (Å²) < 4.78 is 0. The molecular formula is C14H17N3O. The van der Waals surface area contributed by atoms with Crippen molar-refractivity contribution in [3.05, 3.63) is 36.0 Å². The second kappa shape index (κ2) is 4.46. The van der Waals surface area contributed by atoms with Gasteiger partial charge in [-0.25, -0.2) is 0 Å². The molecule has 1 aliphatic rings. The van der Waals surface area contributed by atoms with E-state index in [1.54, 1.807) is 0 Å². The number of fused-ring (bicyclic) bond motifs is 1. The number of rotatable bonds is 2. The van der Waals surface area contributed by atoms with E-state index in [0.29, 0.717) is 6.04 Å². The van der Waals surface area contributed by atoms with E-state index in [1.807, 2.05) is 42.4 Å². The second-order valence-corrected chi connectivity index (χ2v) is 4.84. The van der Waals surface area contributed by atoms with Crippen LogP contribution in [-0.4, -0.2) is 42.0 Å². The zero-order valence-electron chi connectivity index (χ0n) is 10.4. The van der Waals surface area contributed by atoms with Crippen molar-refractivity contribution in [3.63, 3.8) is 0 Å². The molecule has 3 rings (SSSR count). The number of likely N-dealkylation sites (N-methyl/N-ethyl adjacent to an activating group) is 1. The molecule has 0 radical (unpaired) electrons. The monoisotopic (exact) mass is 243 g/mol. The Morgan fingerprint density at radius 1 is 1.39 bits per heavy atom. The number of hydrogen-bond donors (Lipinski definition) is 2. The molecule has 0 saturated carbocycles. The quantitative estimate of drug-likeness (QED) is 0.841. The van der Waals surface area contributed by atoms with Crippen molar-refractivity contribution < 1.29 is 4.79 Å². The minimum absolute atomic E-state index is 0.104. The molecule has 1 unspecified atom stereocenters. The maximum atomic E-state index is 12.4. The zero-order valence-corrected chi connectivity index (χ0v) is 10.4. The standard InChI is InChI=1S/C14H17N3O/c1-17(12-5-6-15-9-12)14(18)11-2-3-13-10(8-11)4-7-16-13/h2-4,7-8,12,15-16H,5-6,9H2,1H3. The van der Waals surface area contributed by atoms with Gasteiger partial charge in [-0.1, -0.05) is 0 Å². The van der Waals surface area contributed by atoms with Crippen LogP contribution in [0.15, 0.2) is 30.5 Å². The number of aromatic amines is 1. The summed E-state index contributed by atoms with van der Waals surface area (Å²) in [4.78, 5) is 17.4. The Labute approximate surface area is 106 Å². The molecule has 1 aromatic heterocycles. The largest absolute Gasteiger partial charge is 0.361 e. The van der Waals surface area contributed by atoms with E-state index in [-0.39, 0.29) is 5.91 Å². The number of aromatic nitrogens is 1. The van der Waals surface area contributed by atoms with Gasteiger partial charge < -0.3 is 15.2 Å². The molecule has 18 heavy (non-hydrogen) atoms. The lowest BCUT2D eigenvalue weighted by atomic mass is 10.1. The Morgan fingerprint density at radius 2 is 2.28 bits per heavy atom. The van der Waals surface area contributed by atoms with Crippen LogP contribution in [0, 0.1) is 0 Å². The summed E-state index contributed by atoms with van der Waals surface area (Å²) in [7, 11) is 1.89. The molecule has 1 aromatic carbocycles. The van der Waals surface area contributed by atoms with Crippen LogP contribution in [-0.2, 0) is 0 Å². The number of benzene rings is 1. The van der Waals surface area contributed by atoms with Gasteiger partial charge in [-0.05, 0) is 37.2 Å². The van der Waals surface area contributed by atoms with Gasteiger partial charge in [0.2, 0.25) is 0 Å². The molecule has 4 heteroatoms. The van der Waals surface area contributed by atoms with Crippen molar-refractivity contribution in [2.75, 3.05) is 20.1 Å². The van der Waals surface area contributed by atoms with Gasteiger partial charge in [0.15, 0.2) is 0 Å². The SMILES string of the molecule is CN(C(=O)c1ccc2[nH]ccc2c1)C1CCNC1.